The number of carbonyl (C=O) groups is 1. The fourth-order valence-corrected chi connectivity index (χ4v) is 2.94. The molecule has 0 spiro atoms. The van der Waals surface area contributed by atoms with Gasteiger partial charge in [-0.15, -0.1) is 12.4 Å². The molecule has 2 atom stereocenters. The van der Waals surface area contributed by atoms with Gasteiger partial charge in [-0.3, -0.25) is 4.79 Å². The lowest BCUT2D eigenvalue weighted by molar-refractivity contribution is -0.136. The number of nitrogens with zero attached hydrogens (tertiary/aromatic N) is 1. The van der Waals surface area contributed by atoms with Crippen molar-refractivity contribution in [1.29, 1.82) is 0 Å². The normalized spacial score (nSPS) is 12.7. The van der Waals surface area contributed by atoms with E-state index >= 15 is 0 Å². The summed E-state index contributed by atoms with van der Waals surface area (Å²) < 4.78 is 5.29. The molecular formula is C21H29ClN2O2. The van der Waals surface area contributed by atoms with Crippen molar-refractivity contribution in [2.24, 2.45) is 11.7 Å². The van der Waals surface area contributed by atoms with Crippen molar-refractivity contribution in [3.63, 3.8) is 0 Å². The summed E-state index contributed by atoms with van der Waals surface area (Å²) in [5.41, 5.74) is 9.01. The zero-order chi connectivity index (χ0) is 18.4. The van der Waals surface area contributed by atoms with Gasteiger partial charge in [0.05, 0.1) is 13.2 Å². The Balaban J connectivity index is 0.00000338. The van der Waals surface area contributed by atoms with Crippen LogP contribution in [0.25, 0.3) is 11.1 Å². The second-order valence-electron chi connectivity index (χ2n) is 6.29. The fraction of sp³-hybridized carbons (Fsp3) is 0.381. The second-order valence-corrected chi connectivity index (χ2v) is 6.29. The number of amides is 1. The van der Waals surface area contributed by atoms with Crippen LogP contribution in [0.15, 0.2) is 48.5 Å². The number of methoxy groups -OCH3 is 1. The number of hydrogen-bond donors (Lipinski definition) is 1. The molecule has 2 aromatic carbocycles. The summed E-state index contributed by atoms with van der Waals surface area (Å²) in [6.07, 6.45) is 0. The predicted octanol–water partition coefficient (Wildman–Crippen LogP) is 4.29. The highest BCUT2D eigenvalue weighted by Crippen LogP contribution is 2.27. The molecule has 5 heteroatoms. The zero-order valence-corrected chi connectivity index (χ0v) is 16.8. The van der Waals surface area contributed by atoms with Crippen LogP contribution in [-0.4, -0.2) is 31.0 Å². The Kier molecular flexibility index (Phi) is 8.62. The minimum atomic E-state index is -0.154. The first-order chi connectivity index (χ1) is 12.0. The van der Waals surface area contributed by atoms with Crippen LogP contribution in [0.2, 0.25) is 0 Å². The molecule has 26 heavy (non-hydrogen) atoms. The average Bonchev–Trinajstić information content (AvgIpc) is 2.67. The molecule has 1 amide bonds. The van der Waals surface area contributed by atoms with Gasteiger partial charge in [0.15, 0.2) is 0 Å². The number of benzene rings is 2. The van der Waals surface area contributed by atoms with Gasteiger partial charge in [-0.25, -0.2) is 0 Å². The van der Waals surface area contributed by atoms with Crippen LogP contribution >= 0.6 is 12.4 Å². The quantitative estimate of drug-likeness (QED) is 0.784. The minimum Gasteiger partial charge on any atom is -0.497 e. The molecular weight excluding hydrogens is 348 g/mol. The Morgan fingerprint density at radius 2 is 1.77 bits per heavy atom. The highest BCUT2D eigenvalue weighted by Gasteiger charge is 2.23. The van der Waals surface area contributed by atoms with Crippen LogP contribution in [0.1, 0.15) is 32.4 Å². The zero-order valence-electron chi connectivity index (χ0n) is 15.9. The fourth-order valence-electron chi connectivity index (χ4n) is 2.94. The maximum atomic E-state index is 12.5. The molecule has 4 nitrogen and oxygen atoms in total. The van der Waals surface area contributed by atoms with E-state index in [0.29, 0.717) is 13.1 Å². The van der Waals surface area contributed by atoms with E-state index in [0.717, 1.165) is 22.4 Å². The highest BCUT2D eigenvalue weighted by atomic mass is 35.5. The van der Waals surface area contributed by atoms with Crippen LogP contribution < -0.4 is 10.5 Å². The molecule has 0 aliphatic rings. The summed E-state index contributed by atoms with van der Waals surface area (Å²) in [5, 5.41) is 0. The first-order valence-corrected chi connectivity index (χ1v) is 8.76. The predicted molar refractivity (Wildman–Crippen MR) is 110 cm³/mol. The van der Waals surface area contributed by atoms with Crippen LogP contribution in [0.5, 0.6) is 5.75 Å². The Morgan fingerprint density at radius 1 is 1.12 bits per heavy atom. The van der Waals surface area contributed by atoms with Crippen LogP contribution in [0.4, 0.5) is 0 Å². The third-order valence-electron chi connectivity index (χ3n) is 4.66. The van der Waals surface area contributed by atoms with Gasteiger partial charge in [0.1, 0.15) is 5.75 Å². The van der Waals surface area contributed by atoms with Gasteiger partial charge in [0.25, 0.3) is 0 Å². The smallest absolute Gasteiger partial charge is 0.227 e. The molecule has 2 rings (SSSR count). The van der Waals surface area contributed by atoms with E-state index < -0.39 is 0 Å². The third kappa shape index (κ3) is 4.99. The summed E-state index contributed by atoms with van der Waals surface area (Å²) in [4.78, 5) is 14.4. The van der Waals surface area contributed by atoms with Crippen molar-refractivity contribution in [3.05, 3.63) is 54.1 Å². The lowest BCUT2D eigenvalue weighted by Gasteiger charge is -2.30. The van der Waals surface area contributed by atoms with Crippen molar-refractivity contribution in [2.45, 2.75) is 26.8 Å². The Labute approximate surface area is 162 Å². The molecule has 0 radical (unpaired) electrons. The van der Waals surface area contributed by atoms with E-state index in [1.54, 1.807) is 7.11 Å². The van der Waals surface area contributed by atoms with Crippen molar-refractivity contribution < 1.29 is 9.53 Å². The monoisotopic (exact) mass is 376 g/mol. The maximum Gasteiger partial charge on any atom is 0.227 e. The van der Waals surface area contributed by atoms with Gasteiger partial charge < -0.3 is 15.4 Å². The number of ether oxygens (including phenoxy) is 1. The second kappa shape index (κ2) is 10.2. The van der Waals surface area contributed by atoms with Gasteiger partial charge in [-0.2, -0.15) is 0 Å². The van der Waals surface area contributed by atoms with Crippen molar-refractivity contribution in [1.82, 2.24) is 4.90 Å². The molecule has 142 valence electrons. The Morgan fingerprint density at radius 3 is 2.31 bits per heavy atom. The van der Waals surface area contributed by atoms with Crippen molar-refractivity contribution in [2.75, 3.05) is 20.2 Å². The van der Waals surface area contributed by atoms with Gasteiger partial charge >= 0.3 is 0 Å². The third-order valence-corrected chi connectivity index (χ3v) is 4.66. The van der Waals surface area contributed by atoms with Crippen LogP contribution in [0.3, 0.4) is 0 Å². The van der Waals surface area contributed by atoms with E-state index in [1.165, 1.54) is 0 Å². The van der Waals surface area contributed by atoms with Crippen LogP contribution in [-0.2, 0) is 4.79 Å². The molecule has 2 N–H and O–H groups in total. The lowest BCUT2D eigenvalue weighted by Crippen LogP contribution is -2.39. The first-order valence-electron chi connectivity index (χ1n) is 8.76. The van der Waals surface area contributed by atoms with Gasteiger partial charge in [0.2, 0.25) is 5.91 Å². The molecule has 0 fully saturated rings. The summed E-state index contributed by atoms with van der Waals surface area (Å²) in [7, 11) is 1.67. The largest absolute Gasteiger partial charge is 0.497 e. The first kappa shape index (κ1) is 22.0. The van der Waals surface area contributed by atoms with E-state index in [1.807, 2.05) is 36.9 Å². The molecule has 2 unspecified atom stereocenters. The molecule has 0 aliphatic heterocycles. The van der Waals surface area contributed by atoms with E-state index in [2.05, 4.69) is 37.3 Å². The SMILES string of the molecule is CCN(C(=O)C(C)CN)C(C)c1ccc(-c2cccc(OC)c2)cc1.Cl. The Hall–Kier alpha value is -2.04. The molecule has 0 heterocycles. The minimum absolute atomic E-state index is 0. The van der Waals surface area contributed by atoms with E-state index in [4.69, 9.17) is 10.5 Å². The number of nitrogens with two attached hydrogens (primary N) is 1. The molecule has 2 aromatic rings. The molecule has 0 saturated heterocycles. The molecule has 0 aromatic heterocycles. The Bertz CT molecular complexity index is 703. The summed E-state index contributed by atoms with van der Waals surface area (Å²) in [6, 6.07) is 16.4. The number of hydrogen-bond acceptors (Lipinski definition) is 3. The van der Waals surface area contributed by atoms with Gasteiger partial charge in [-0.1, -0.05) is 43.3 Å². The standard InChI is InChI=1S/C21H28N2O2.ClH/c1-5-23(21(24)15(2)14-22)16(3)17-9-11-18(12-10-17)19-7-6-8-20(13-19)25-4;/h6-13,15-16H,5,14,22H2,1-4H3;1H. The highest BCUT2D eigenvalue weighted by molar-refractivity contribution is 5.85. The number of halogens is 1. The molecule has 0 bridgehead atoms. The number of rotatable bonds is 7. The van der Waals surface area contributed by atoms with E-state index in [-0.39, 0.29) is 30.3 Å². The van der Waals surface area contributed by atoms with Crippen molar-refractivity contribution >= 4 is 18.3 Å². The summed E-state index contributed by atoms with van der Waals surface area (Å²) in [5.74, 6) is 0.793. The summed E-state index contributed by atoms with van der Waals surface area (Å²) >= 11 is 0. The lowest BCUT2D eigenvalue weighted by atomic mass is 9.99. The molecule has 0 saturated carbocycles. The van der Waals surface area contributed by atoms with E-state index in [9.17, 15) is 4.79 Å². The maximum absolute atomic E-state index is 12.5. The summed E-state index contributed by atoms with van der Waals surface area (Å²) in [6.45, 7) is 6.98. The number of carbonyl (C=O) groups excluding carboxylic acids is 1. The molecule has 0 aliphatic carbocycles. The van der Waals surface area contributed by atoms with Crippen molar-refractivity contribution in [3.8, 4) is 16.9 Å². The van der Waals surface area contributed by atoms with Gasteiger partial charge in [-0.05, 0) is 42.7 Å². The van der Waals surface area contributed by atoms with Gasteiger partial charge in [0, 0.05) is 19.0 Å². The van der Waals surface area contributed by atoms with Crippen LogP contribution in [0, 0.1) is 5.92 Å². The average molecular weight is 377 g/mol. The topological polar surface area (TPSA) is 55.6 Å².